The number of benzene rings is 3. The Morgan fingerprint density at radius 1 is 0.889 bits per heavy atom. The molecule has 0 radical (unpaired) electrons. The van der Waals surface area contributed by atoms with Crippen LogP contribution in [0.1, 0.15) is 54.4 Å². The SMILES string of the molecule is Cc1cnc(N2CC3(CCOCC3)C2)c(C(=O)Nc2ccc(C(=O)N3CCc4c(sc(C(=O)Nc5c(F)cc(F)cc5F)c4F)-c4ccccc43)cc2)c1. The summed E-state index contributed by atoms with van der Waals surface area (Å²) in [5.74, 6) is -5.84. The maximum absolute atomic E-state index is 15.9. The first-order valence-corrected chi connectivity index (χ1v) is 18.2. The predicted octanol–water partition coefficient (Wildman–Crippen LogP) is 8.00. The van der Waals surface area contributed by atoms with Gasteiger partial charge in [-0.3, -0.25) is 14.4 Å². The lowest BCUT2D eigenvalue weighted by Crippen LogP contribution is -2.59. The van der Waals surface area contributed by atoms with Gasteiger partial charge in [-0.2, -0.15) is 0 Å². The highest BCUT2D eigenvalue weighted by molar-refractivity contribution is 7.17. The Kier molecular flexibility index (Phi) is 9.18. The summed E-state index contributed by atoms with van der Waals surface area (Å²) in [6, 6.07) is 16.0. The van der Waals surface area contributed by atoms with Crippen LogP contribution in [0.25, 0.3) is 10.4 Å². The molecule has 8 rings (SSSR count). The monoisotopic (exact) mass is 755 g/mol. The van der Waals surface area contributed by atoms with E-state index in [0.717, 1.165) is 56.0 Å². The highest BCUT2D eigenvalue weighted by Gasteiger charge is 2.45. The molecule has 54 heavy (non-hydrogen) atoms. The van der Waals surface area contributed by atoms with Crippen molar-refractivity contribution in [2.24, 2.45) is 5.41 Å². The summed E-state index contributed by atoms with van der Waals surface area (Å²) in [6.07, 6.45) is 3.77. The topological polar surface area (TPSA) is 104 Å². The quantitative estimate of drug-likeness (QED) is 0.170. The molecule has 0 aliphatic carbocycles. The van der Waals surface area contributed by atoms with Crippen LogP contribution in [-0.2, 0) is 11.2 Å². The molecule has 0 saturated carbocycles. The van der Waals surface area contributed by atoms with Gasteiger partial charge in [0.1, 0.15) is 22.2 Å². The molecule has 2 saturated heterocycles. The second kappa shape index (κ2) is 14.0. The highest BCUT2D eigenvalue weighted by atomic mass is 32.1. The van der Waals surface area contributed by atoms with Crippen LogP contribution in [-0.4, -0.2) is 55.6 Å². The van der Waals surface area contributed by atoms with Gasteiger partial charge in [0.25, 0.3) is 17.7 Å². The van der Waals surface area contributed by atoms with Crippen LogP contribution < -0.4 is 20.4 Å². The predicted molar refractivity (Wildman–Crippen MR) is 197 cm³/mol. The van der Waals surface area contributed by atoms with Gasteiger partial charge < -0.3 is 25.2 Å². The van der Waals surface area contributed by atoms with Gasteiger partial charge in [-0.25, -0.2) is 22.5 Å². The van der Waals surface area contributed by atoms with Crippen LogP contribution in [0, 0.1) is 35.6 Å². The van der Waals surface area contributed by atoms with Crippen molar-refractivity contribution in [1.82, 2.24) is 4.98 Å². The minimum Gasteiger partial charge on any atom is -0.381 e. The molecule has 5 heterocycles. The number of fused-ring (bicyclic) bond motifs is 3. The Labute approximate surface area is 311 Å². The van der Waals surface area contributed by atoms with Crippen molar-refractivity contribution in [2.45, 2.75) is 26.2 Å². The third-order valence-electron chi connectivity index (χ3n) is 10.2. The van der Waals surface area contributed by atoms with E-state index in [9.17, 15) is 27.6 Å². The zero-order chi connectivity index (χ0) is 37.7. The Hall–Kier alpha value is -5.60. The lowest BCUT2D eigenvalue weighted by atomic mass is 9.73. The van der Waals surface area contributed by atoms with Crippen LogP contribution in [0.15, 0.2) is 72.9 Å². The molecular weight excluding hydrogens is 723 g/mol. The van der Waals surface area contributed by atoms with Gasteiger partial charge in [-0.15, -0.1) is 11.3 Å². The minimum absolute atomic E-state index is 0.0392. The molecule has 0 atom stereocenters. The highest BCUT2D eigenvalue weighted by Crippen LogP contribution is 2.45. The summed E-state index contributed by atoms with van der Waals surface area (Å²) in [4.78, 5) is 48.9. The largest absolute Gasteiger partial charge is 0.381 e. The number of thiophene rings is 1. The molecule has 0 bridgehead atoms. The van der Waals surface area contributed by atoms with E-state index in [4.69, 9.17) is 4.74 Å². The van der Waals surface area contributed by atoms with Crippen molar-refractivity contribution < 1.29 is 36.7 Å². The molecule has 5 aromatic rings. The van der Waals surface area contributed by atoms with E-state index < -0.39 is 39.7 Å². The fraction of sp³-hybridized carbons (Fsp3) is 0.250. The zero-order valence-electron chi connectivity index (χ0n) is 29.0. The van der Waals surface area contributed by atoms with E-state index in [0.29, 0.717) is 50.9 Å². The Bertz CT molecular complexity index is 2290. The number of nitrogens with zero attached hydrogens (tertiary/aromatic N) is 3. The molecule has 2 N–H and O–H groups in total. The van der Waals surface area contributed by atoms with Gasteiger partial charge in [-0.1, -0.05) is 18.2 Å². The molecule has 2 fully saturated rings. The van der Waals surface area contributed by atoms with Crippen molar-refractivity contribution >= 4 is 51.9 Å². The standard InChI is InChI=1S/C40H33F4N5O4S/c1-22-16-28(36(45-19-22)48-20-40(21-48)11-14-53-15-12-40)37(50)46-25-8-6-23(7-9-25)39(52)49-13-10-27-32(44)35(54-34(27)26-4-2-3-5-31(26)49)38(51)47-33-29(42)17-24(41)18-30(33)43/h2-9,16-19H,10-15,20-21H2,1H3,(H,46,50)(H,47,51). The first-order valence-electron chi connectivity index (χ1n) is 17.4. The van der Waals surface area contributed by atoms with Gasteiger partial charge in [-0.05, 0) is 68.1 Å². The van der Waals surface area contributed by atoms with E-state index in [1.165, 1.54) is 4.90 Å². The molecule has 3 aliphatic rings. The molecule has 2 aromatic heterocycles. The Morgan fingerprint density at radius 2 is 1.59 bits per heavy atom. The number of nitrogens with one attached hydrogen (secondary N) is 2. The third-order valence-corrected chi connectivity index (χ3v) is 11.4. The molecule has 3 aromatic carbocycles. The summed E-state index contributed by atoms with van der Waals surface area (Å²) in [6.45, 7) is 5.07. The number of anilines is 4. The van der Waals surface area contributed by atoms with Crippen LogP contribution in [0.3, 0.4) is 0 Å². The number of aryl methyl sites for hydroxylation is 1. The molecule has 3 amide bonds. The van der Waals surface area contributed by atoms with Gasteiger partial charge in [0.2, 0.25) is 0 Å². The summed E-state index contributed by atoms with van der Waals surface area (Å²) in [7, 11) is 0. The number of para-hydroxylation sites is 1. The third kappa shape index (κ3) is 6.49. The fourth-order valence-electron chi connectivity index (χ4n) is 7.39. The summed E-state index contributed by atoms with van der Waals surface area (Å²) >= 11 is 0.793. The number of hydrogen-bond acceptors (Lipinski definition) is 7. The van der Waals surface area contributed by atoms with E-state index in [1.54, 1.807) is 54.7 Å². The van der Waals surface area contributed by atoms with Gasteiger partial charge in [0.15, 0.2) is 17.5 Å². The number of carbonyl (C=O) groups excluding carboxylic acids is 3. The number of amides is 3. The second-order valence-corrected chi connectivity index (χ2v) is 14.9. The lowest BCUT2D eigenvalue weighted by Gasteiger charge is -2.53. The summed E-state index contributed by atoms with van der Waals surface area (Å²) in [5, 5.41) is 4.97. The van der Waals surface area contributed by atoms with Gasteiger partial charge in [0, 0.05) is 83.8 Å². The number of halogens is 4. The van der Waals surface area contributed by atoms with Crippen molar-refractivity contribution in [1.29, 1.82) is 0 Å². The number of hydrogen-bond donors (Lipinski definition) is 2. The molecule has 3 aliphatic heterocycles. The lowest BCUT2D eigenvalue weighted by molar-refractivity contribution is -0.000511. The molecule has 0 unspecified atom stereocenters. The average Bonchev–Trinajstić information content (AvgIpc) is 3.38. The maximum atomic E-state index is 15.9. The van der Waals surface area contributed by atoms with Crippen molar-refractivity contribution in [3.05, 3.63) is 123 Å². The fourth-order valence-corrected chi connectivity index (χ4v) is 8.54. The number of aromatic nitrogens is 1. The van der Waals surface area contributed by atoms with E-state index in [2.05, 4.69) is 15.2 Å². The van der Waals surface area contributed by atoms with Crippen LogP contribution in [0.4, 0.5) is 40.4 Å². The van der Waals surface area contributed by atoms with Crippen molar-refractivity contribution in [3.63, 3.8) is 0 Å². The molecule has 14 heteroatoms. The first kappa shape index (κ1) is 35.4. The summed E-state index contributed by atoms with van der Waals surface area (Å²) < 4.78 is 63.3. The average molecular weight is 756 g/mol. The Balaban J connectivity index is 0.990. The first-order chi connectivity index (χ1) is 26.0. The number of rotatable bonds is 6. The summed E-state index contributed by atoms with van der Waals surface area (Å²) in [5.41, 5.74) is 2.60. The van der Waals surface area contributed by atoms with E-state index in [1.807, 2.05) is 18.3 Å². The Morgan fingerprint density at radius 3 is 2.31 bits per heavy atom. The molecular formula is C40H33F4N5O4S. The molecule has 9 nitrogen and oxygen atoms in total. The molecule has 1 spiro atoms. The second-order valence-electron chi connectivity index (χ2n) is 13.9. The van der Waals surface area contributed by atoms with Crippen molar-refractivity contribution in [2.75, 3.05) is 53.3 Å². The van der Waals surface area contributed by atoms with Gasteiger partial charge >= 0.3 is 0 Å². The van der Waals surface area contributed by atoms with E-state index in [-0.39, 0.29) is 35.8 Å². The van der Waals surface area contributed by atoms with Crippen LogP contribution in [0.5, 0.6) is 0 Å². The normalized spacial score (nSPS) is 15.9. The molecule has 276 valence electrons. The maximum Gasteiger partial charge on any atom is 0.268 e. The van der Waals surface area contributed by atoms with Crippen molar-refractivity contribution in [3.8, 4) is 10.4 Å². The van der Waals surface area contributed by atoms with Crippen LogP contribution in [0.2, 0.25) is 0 Å². The number of ether oxygens (including phenoxy) is 1. The van der Waals surface area contributed by atoms with Gasteiger partial charge in [0.05, 0.1) is 11.3 Å². The smallest absolute Gasteiger partial charge is 0.268 e. The minimum atomic E-state index is -1.34. The number of pyridine rings is 1. The van der Waals surface area contributed by atoms with Crippen LogP contribution >= 0.6 is 11.3 Å². The zero-order valence-corrected chi connectivity index (χ0v) is 29.8. The van der Waals surface area contributed by atoms with E-state index >= 15 is 4.39 Å². The number of carbonyl (C=O) groups is 3.